The van der Waals surface area contributed by atoms with Crippen molar-refractivity contribution in [2.45, 2.75) is 32.2 Å². The first-order valence-corrected chi connectivity index (χ1v) is 14.9. The van der Waals surface area contributed by atoms with Gasteiger partial charge in [-0.05, 0) is 67.1 Å². The van der Waals surface area contributed by atoms with E-state index in [4.69, 9.17) is 9.47 Å². The van der Waals surface area contributed by atoms with Crippen molar-refractivity contribution in [2.24, 2.45) is 5.92 Å². The molecule has 214 valence electrons. The standard InChI is InChI=1S/C35H33NO5S/c1-40-34(38)29(14-8-11-25-9-4-2-5-10-25)23-26-15-18-30(19-16-26)41-22-21-36-31-20-17-28(24-32(31)42-35(36)39)33(37)27-12-6-3-7-13-27/h2-7,9-10,12-13,15-20,24,29H,8,11,14,21-23H2,1H3. The number of esters is 1. The summed E-state index contributed by atoms with van der Waals surface area (Å²) in [6.45, 7) is 0.707. The van der Waals surface area contributed by atoms with Gasteiger partial charge >= 0.3 is 10.8 Å². The second kappa shape index (κ2) is 13.9. The maximum Gasteiger partial charge on any atom is 0.308 e. The topological polar surface area (TPSA) is 74.6 Å². The summed E-state index contributed by atoms with van der Waals surface area (Å²) in [5.74, 6) is 0.239. The number of hydrogen-bond donors (Lipinski definition) is 0. The lowest BCUT2D eigenvalue weighted by Gasteiger charge is -2.15. The summed E-state index contributed by atoms with van der Waals surface area (Å²) in [5.41, 5.74) is 4.27. The first-order valence-electron chi connectivity index (χ1n) is 14.1. The van der Waals surface area contributed by atoms with E-state index < -0.39 is 0 Å². The molecule has 0 spiro atoms. The molecule has 0 fully saturated rings. The Kier molecular flexibility index (Phi) is 9.62. The van der Waals surface area contributed by atoms with Gasteiger partial charge in [0.05, 0.1) is 29.8 Å². The van der Waals surface area contributed by atoms with Crippen molar-refractivity contribution in [1.82, 2.24) is 4.57 Å². The van der Waals surface area contributed by atoms with Gasteiger partial charge in [-0.3, -0.25) is 19.0 Å². The minimum atomic E-state index is -0.201. The largest absolute Gasteiger partial charge is 0.492 e. The molecule has 1 aromatic heterocycles. The maximum absolute atomic E-state index is 12.8. The van der Waals surface area contributed by atoms with Gasteiger partial charge in [0.15, 0.2) is 5.78 Å². The molecule has 0 N–H and O–H groups in total. The summed E-state index contributed by atoms with van der Waals surface area (Å²) in [7, 11) is 1.44. The molecule has 0 amide bonds. The Morgan fingerprint density at radius 3 is 2.26 bits per heavy atom. The smallest absolute Gasteiger partial charge is 0.308 e. The second-order valence-corrected chi connectivity index (χ2v) is 11.2. The van der Waals surface area contributed by atoms with Gasteiger partial charge in [0.2, 0.25) is 0 Å². The van der Waals surface area contributed by atoms with Gasteiger partial charge in [0, 0.05) is 11.1 Å². The third-order valence-electron chi connectivity index (χ3n) is 7.35. The van der Waals surface area contributed by atoms with Crippen LogP contribution in [0.15, 0.2) is 108 Å². The Labute approximate surface area is 249 Å². The van der Waals surface area contributed by atoms with E-state index in [9.17, 15) is 14.4 Å². The number of thiazole rings is 1. The van der Waals surface area contributed by atoms with Crippen LogP contribution in [0, 0.1) is 5.92 Å². The number of carbonyl (C=O) groups excluding carboxylic acids is 2. The molecular weight excluding hydrogens is 546 g/mol. The lowest BCUT2D eigenvalue weighted by molar-refractivity contribution is -0.145. The SMILES string of the molecule is COC(=O)C(CCCc1ccccc1)Cc1ccc(OCCn2c(=O)sc3cc(C(=O)c4ccccc4)ccc32)cc1. The predicted octanol–water partition coefficient (Wildman–Crippen LogP) is 6.73. The molecule has 0 saturated carbocycles. The number of hydrogen-bond acceptors (Lipinski definition) is 6. The fourth-order valence-corrected chi connectivity index (χ4v) is 6.06. The third kappa shape index (κ3) is 7.22. The molecule has 7 heteroatoms. The minimum Gasteiger partial charge on any atom is -0.492 e. The number of aromatic nitrogens is 1. The number of rotatable bonds is 13. The summed E-state index contributed by atoms with van der Waals surface area (Å²) in [4.78, 5) is 37.9. The molecule has 1 heterocycles. The molecule has 0 saturated heterocycles. The van der Waals surface area contributed by atoms with E-state index in [1.54, 1.807) is 28.8 Å². The van der Waals surface area contributed by atoms with Gasteiger partial charge in [-0.2, -0.15) is 0 Å². The fraction of sp³-hybridized carbons (Fsp3) is 0.229. The summed E-state index contributed by atoms with van der Waals surface area (Å²) < 4.78 is 13.5. The highest BCUT2D eigenvalue weighted by molar-refractivity contribution is 7.16. The van der Waals surface area contributed by atoms with E-state index in [2.05, 4.69) is 12.1 Å². The van der Waals surface area contributed by atoms with Crippen LogP contribution in [0.5, 0.6) is 5.75 Å². The van der Waals surface area contributed by atoms with Gasteiger partial charge in [0.25, 0.3) is 0 Å². The zero-order valence-electron chi connectivity index (χ0n) is 23.5. The van der Waals surface area contributed by atoms with Crippen LogP contribution in [0.3, 0.4) is 0 Å². The molecule has 6 nitrogen and oxygen atoms in total. The number of ketones is 1. The molecule has 5 aromatic rings. The number of benzene rings is 4. The van der Waals surface area contributed by atoms with Crippen molar-refractivity contribution in [2.75, 3.05) is 13.7 Å². The average Bonchev–Trinajstić information content (AvgIpc) is 3.35. The molecule has 5 rings (SSSR count). The number of carbonyl (C=O) groups is 2. The Morgan fingerprint density at radius 1 is 0.833 bits per heavy atom. The first-order chi connectivity index (χ1) is 20.5. The monoisotopic (exact) mass is 579 g/mol. The molecule has 0 aliphatic rings. The van der Waals surface area contributed by atoms with E-state index in [0.717, 1.165) is 46.4 Å². The zero-order chi connectivity index (χ0) is 29.3. The Morgan fingerprint density at radius 2 is 1.55 bits per heavy atom. The van der Waals surface area contributed by atoms with E-state index in [-0.39, 0.29) is 22.5 Å². The van der Waals surface area contributed by atoms with E-state index in [1.165, 1.54) is 12.7 Å². The molecule has 0 aliphatic heterocycles. The van der Waals surface area contributed by atoms with E-state index in [1.807, 2.05) is 66.7 Å². The normalized spacial score (nSPS) is 11.7. The van der Waals surface area contributed by atoms with Crippen molar-refractivity contribution in [1.29, 1.82) is 0 Å². The summed E-state index contributed by atoms with van der Waals surface area (Å²) >= 11 is 1.13. The second-order valence-electron chi connectivity index (χ2n) is 10.2. The highest BCUT2D eigenvalue weighted by Gasteiger charge is 2.19. The summed E-state index contributed by atoms with van der Waals surface area (Å²) in [5, 5.41) is 0. The van der Waals surface area contributed by atoms with Gasteiger partial charge in [0.1, 0.15) is 12.4 Å². The van der Waals surface area contributed by atoms with Crippen LogP contribution in [-0.2, 0) is 28.9 Å². The van der Waals surface area contributed by atoms with Crippen molar-refractivity contribution in [3.05, 3.63) is 135 Å². The number of methoxy groups -OCH3 is 1. The van der Waals surface area contributed by atoms with Crippen LogP contribution in [0.25, 0.3) is 10.2 Å². The summed E-state index contributed by atoms with van der Waals surface area (Å²) in [6, 6.07) is 32.5. The van der Waals surface area contributed by atoms with Crippen LogP contribution < -0.4 is 9.61 Å². The van der Waals surface area contributed by atoms with Gasteiger partial charge in [-0.15, -0.1) is 0 Å². The van der Waals surface area contributed by atoms with Crippen LogP contribution in [0.4, 0.5) is 0 Å². The van der Waals surface area contributed by atoms with Gasteiger partial charge < -0.3 is 9.47 Å². The Bertz CT molecular complexity index is 1690. The molecule has 42 heavy (non-hydrogen) atoms. The average molecular weight is 580 g/mol. The zero-order valence-corrected chi connectivity index (χ0v) is 24.3. The minimum absolute atomic E-state index is 0.0678. The lowest BCUT2D eigenvalue weighted by Crippen LogP contribution is -2.19. The predicted molar refractivity (Wildman–Crippen MR) is 166 cm³/mol. The number of nitrogens with zero attached hydrogens (tertiary/aromatic N) is 1. The third-order valence-corrected chi connectivity index (χ3v) is 8.29. The Balaban J connectivity index is 1.16. The van der Waals surface area contributed by atoms with E-state index >= 15 is 0 Å². The first kappa shape index (κ1) is 29.0. The number of aryl methyl sites for hydroxylation is 1. The molecule has 1 atom stereocenters. The van der Waals surface area contributed by atoms with Crippen LogP contribution >= 0.6 is 11.3 Å². The van der Waals surface area contributed by atoms with Crippen molar-refractivity contribution in [3.8, 4) is 5.75 Å². The fourth-order valence-electron chi connectivity index (χ4n) is 5.10. The molecule has 0 radical (unpaired) electrons. The van der Waals surface area contributed by atoms with Crippen LogP contribution in [0.2, 0.25) is 0 Å². The van der Waals surface area contributed by atoms with Crippen LogP contribution in [0.1, 0.15) is 39.9 Å². The highest BCUT2D eigenvalue weighted by atomic mass is 32.1. The molecular formula is C35H33NO5S. The molecule has 4 aromatic carbocycles. The Hall–Kier alpha value is -4.49. The van der Waals surface area contributed by atoms with Crippen molar-refractivity contribution in [3.63, 3.8) is 0 Å². The highest BCUT2D eigenvalue weighted by Crippen LogP contribution is 2.23. The van der Waals surface area contributed by atoms with Gasteiger partial charge in [-0.1, -0.05) is 84.1 Å². The molecule has 1 unspecified atom stereocenters. The van der Waals surface area contributed by atoms with Gasteiger partial charge in [-0.25, -0.2) is 0 Å². The van der Waals surface area contributed by atoms with Crippen molar-refractivity contribution < 1.29 is 19.1 Å². The molecule has 0 bridgehead atoms. The quantitative estimate of drug-likeness (QED) is 0.114. The number of ether oxygens (including phenoxy) is 2. The maximum atomic E-state index is 12.8. The lowest BCUT2D eigenvalue weighted by atomic mass is 9.93. The summed E-state index contributed by atoms with van der Waals surface area (Å²) in [6.07, 6.45) is 3.20. The van der Waals surface area contributed by atoms with Crippen LogP contribution in [-0.4, -0.2) is 30.0 Å². The molecule has 0 aliphatic carbocycles. The van der Waals surface area contributed by atoms with E-state index in [0.29, 0.717) is 36.4 Å². The number of fused-ring (bicyclic) bond motifs is 1. The van der Waals surface area contributed by atoms with Crippen molar-refractivity contribution >= 4 is 33.3 Å².